The highest BCUT2D eigenvalue weighted by Crippen LogP contribution is 2.21. The molecular weight excluding hydrogens is 310 g/mol. The van der Waals surface area contributed by atoms with Crippen LogP contribution in [-0.2, 0) is 16.6 Å². The van der Waals surface area contributed by atoms with E-state index in [9.17, 15) is 4.21 Å². The Morgan fingerprint density at radius 2 is 2.00 bits per heavy atom. The van der Waals surface area contributed by atoms with Gasteiger partial charge in [-0.1, -0.05) is 34.1 Å². The number of nitrogens with two attached hydrogens (primary N) is 1. The van der Waals surface area contributed by atoms with Gasteiger partial charge >= 0.3 is 0 Å². The van der Waals surface area contributed by atoms with Gasteiger partial charge in [-0.25, -0.2) is 0 Å². The first kappa shape index (κ1) is 13.3. The number of hydrogen-bond donors (Lipinski definition) is 1. The van der Waals surface area contributed by atoms with Crippen molar-refractivity contribution in [2.24, 2.45) is 0 Å². The van der Waals surface area contributed by atoms with Crippen LogP contribution < -0.4 is 5.73 Å². The monoisotopic (exact) mass is 323 g/mol. The standard InChI is InChI=1S/C14H14BrNOS/c1-10-5-6-14(13(16)7-10)18(17)9-11-3-2-4-12(15)8-11/h2-8H,9,16H2,1H3. The molecule has 94 valence electrons. The van der Waals surface area contributed by atoms with E-state index in [0.717, 1.165) is 15.6 Å². The van der Waals surface area contributed by atoms with Crippen molar-refractivity contribution in [1.82, 2.24) is 0 Å². The number of aryl methyl sites for hydroxylation is 1. The van der Waals surface area contributed by atoms with E-state index in [1.165, 1.54) is 0 Å². The number of hydrogen-bond acceptors (Lipinski definition) is 2. The maximum atomic E-state index is 12.3. The van der Waals surface area contributed by atoms with Crippen molar-refractivity contribution in [3.8, 4) is 0 Å². The van der Waals surface area contributed by atoms with Gasteiger partial charge in [0, 0.05) is 10.2 Å². The lowest BCUT2D eigenvalue weighted by Crippen LogP contribution is -2.01. The number of nitrogen functional groups attached to an aromatic ring is 1. The summed E-state index contributed by atoms with van der Waals surface area (Å²) in [6.07, 6.45) is 0. The molecule has 18 heavy (non-hydrogen) atoms. The largest absolute Gasteiger partial charge is 0.398 e. The highest BCUT2D eigenvalue weighted by Gasteiger charge is 2.09. The summed E-state index contributed by atoms with van der Waals surface area (Å²) in [6, 6.07) is 13.5. The Morgan fingerprint density at radius 3 is 2.67 bits per heavy atom. The first-order valence-electron chi connectivity index (χ1n) is 5.55. The lowest BCUT2D eigenvalue weighted by molar-refractivity contribution is 0.683. The molecule has 2 nitrogen and oxygen atoms in total. The minimum atomic E-state index is -1.11. The maximum absolute atomic E-state index is 12.3. The Labute approximate surface area is 118 Å². The lowest BCUT2D eigenvalue weighted by atomic mass is 10.2. The normalized spacial score (nSPS) is 12.3. The number of rotatable bonds is 3. The summed E-state index contributed by atoms with van der Waals surface area (Å²) in [5, 5.41) is 0. The van der Waals surface area contributed by atoms with Gasteiger partial charge in [0.1, 0.15) is 0 Å². The second kappa shape index (κ2) is 5.67. The second-order valence-corrected chi connectivity index (χ2v) is 6.50. The molecule has 0 saturated heterocycles. The van der Waals surface area contributed by atoms with Gasteiger partial charge in [-0.2, -0.15) is 0 Å². The quantitative estimate of drug-likeness (QED) is 0.876. The molecule has 0 aromatic heterocycles. The maximum Gasteiger partial charge on any atom is 0.0621 e. The first-order valence-corrected chi connectivity index (χ1v) is 7.66. The van der Waals surface area contributed by atoms with Crippen molar-refractivity contribution in [2.75, 3.05) is 5.73 Å². The van der Waals surface area contributed by atoms with Gasteiger partial charge in [0.05, 0.1) is 21.4 Å². The molecule has 0 fully saturated rings. The molecule has 4 heteroatoms. The molecular formula is C14H14BrNOS. The third-order valence-electron chi connectivity index (χ3n) is 2.60. The SMILES string of the molecule is Cc1ccc(S(=O)Cc2cccc(Br)c2)c(N)c1. The van der Waals surface area contributed by atoms with Gasteiger partial charge in [0.25, 0.3) is 0 Å². The molecule has 1 unspecified atom stereocenters. The van der Waals surface area contributed by atoms with Crippen LogP contribution in [0.4, 0.5) is 5.69 Å². The van der Waals surface area contributed by atoms with E-state index in [4.69, 9.17) is 5.73 Å². The van der Waals surface area contributed by atoms with Crippen LogP contribution in [0.5, 0.6) is 0 Å². The minimum absolute atomic E-state index is 0.479. The molecule has 0 bridgehead atoms. The van der Waals surface area contributed by atoms with Crippen LogP contribution >= 0.6 is 15.9 Å². The second-order valence-electron chi connectivity index (χ2n) is 4.16. The molecule has 2 aromatic carbocycles. The summed E-state index contributed by atoms with van der Waals surface area (Å²) in [5.74, 6) is 0.479. The zero-order chi connectivity index (χ0) is 13.1. The summed E-state index contributed by atoms with van der Waals surface area (Å²) < 4.78 is 13.3. The third-order valence-corrected chi connectivity index (χ3v) is 4.55. The van der Waals surface area contributed by atoms with Crippen LogP contribution in [0.25, 0.3) is 0 Å². The van der Waals surface area contributed by atoms with E-state index < -0.39 is 10.8 Å². The Morgan fingerprint density at radius 1 is 1.22 bits per heavy atom. The van der Waals surface area contributed by atoms with E-state index >= 15 is 0 Å². The summed E-state index contributed by atoms with van der Waals surface area (Å²) in [7, 11) is -1.11. The molecule has 0 aliphatic carbocycles. The molecule has 0 amide bonds. The average molecular weight is 324 g/mol. The predicted octanol–water partition coefficient (Wildman–Crippen LogP) is 3.65. The van der Waals surface area contributed by atoms with E-state index in [2.05, 4.69) is 15.9 Å². The molecule has 0 radical (unpaired) electrons. The van der Waals surface area contributed by atoms with Crippen LogP contribution in [0.15, 0.2) is 51.8 Å². The number of benzene rings is 2. The Kier molecular flexibility index (Phi) is 4.19. The zero-order valence-electron chi connectivity index (χ0n) is 10.0. The Bertz CT molecular complexity index is 598. The van der Waals surface area contributed by atoms with E-state index in [1.807, 2.05) is 49.4 Å². The summed E-state index contributed by atoms with van der Waals surface area (Å²) >= 11 is 3.41. The topological polar surface area (TPSA) is 43.1 Å². The van der Waals surface area contributed by atoms with Crippen molar-refractivity contribution >= 4 is 32.4 Å². The number of anilines is 1. The summed E-state index contributed by atoms with van der Waals surface area (Å²) in [6.45, 7) is 1.97. The number of halogens is 1. The van der Waals surface area contributed by atoms with Crippen molar-refractivity contribution in [1.29, 1.82) is 0 Å². The van der Waals surface area contributed by atoms with Crippen LogP contribution in [0.2, 0.25) is 0 Å². The fraction of sp³-hybridized carbons (Fsp3) is 0.143. The van der Waals surface area contributed by atoms with E-state index in [0.29, 0.717) is 16.3 Å². The first-order chi connectivity index (χ1) is 8.56. The van der Waals surface area contributed by atoms with Gasteiger partial charge in [0.15, 0.2) is 0 Å². The summed E-state index contributed by atoms with van der Waals surface area (Å²) in [4.78, 5) is 0.709. The van der Waals surface area contributed by atoms with Crippen molar-refractivity contribution in [3.63, 3.8) is 0 Å². The molecule has 0 spiro atoms. The summed E-state index contributed by atoms with van der Waals surface area (Å²) in [5.41, 5.74) is 8.61. The molecule has 0 heterocycles. The fourth-order valence-electron chi connectivity index (χ4n) is 1.73. The van der Waals surface area contributed by atoms with Gasteiger partial charge in [0.2, 0.25) is 0 Å². The molecule has 2 rings (SSSR count). The van der Waals surface area contributed by atoms with Crippen LogP contribution in [0, 0.1) is 6.92 Å². The van der Waals surface area contributed by atoms with Crippen molar-refractivity contribution in [2.45, 2.75) is 17.6 Å². The van der Waals surface area contributed by atoms with Gasteiger partial charge in [-0.15, -0.1) is 0 Å². The highest BCUT2D eigenvalue weighted by molar-refractivity contribution is 9.10. The van der Waals surface area contributed by atoms with Crippen molar-refractivity contribution in [3.05, 3.63) is 58.1 Å². The third kappa shape index (κ3) is 3.21. The van der Waals surface area contributed by atoms with E-state index in [-0.39, 0.29) is 0 Å². The fourth-order valence-corrected chi connectivity index (χ4v) is 3.36. The molecule has 0 saturated carbocycles. The van der Waals surface area contributed by atoms with Crippen LogP contribution in [0.3, 0.4) is 0 Å². The lowest BCUT2D eigenvalue weighted by Gasteiger charge is -2.07. The molecule has 2 N–H and O–H groups in total. The predicted molar refractivity (Wildman–Crippen MR) is 79.8 cm³/mol. The minimum Gasteiger partial charge on any atom is -0.398 e. The smallest absolute Gasteiger partial charge is 0.0621 e. The Hall–Kier alpha value is -1.13. The van der Waals surface area contributed by atoms with Gasteiger partial charge in [-0.3, -0.25) is 4.21 Å². The average Bonchev–Trinajstić information content (AvgIpc) is 2.28. The van der Waals surface area contributed by atoms with E-state index in [1.54, 1.807) is 0 Å². The highest BCUT2D eigenvalue weighted by atomic mass is 79.9. The molecule has 1 atom stereocenters. The van der Waals surface area contributed by atoms with Gasteiger partial charge < -0.3 is 5.73 Å². The Balaban J connectivity index is 2.22. The molecule has 2 aromatic rings. The molecule has 0 aliphatic rings. The van der Waals surface area contributed by atoms with Crippen LogP contribution in [0.1, 0.15) is 11.1 Å². The van der Waals surface area contributed by atoms with Crippen LogP contribution in [-0.4, -0.2) is 4.21 Å². The zero-order valence-corrected chi connectivity index (χ0v) is 12.4. The van der Waals surface area contributed by atoms with Crippen molar-refractivity contribution < 1.29 is 4.21 Å². The molecule has 0 aliphatic heterocycles. The van der Waals surface area contributed by atoms with Gasteiger partial charge in [-0.05, 0) is 42.3 Å².